The van der Waals surface area contributed by atoms with E-state index in [4.69, 9.17) is 18.2 Å². The fourth-order valence-electron chi connectivity index (χ4n) is 7.12. The first-order chi connectivity index (χ1) is 28.4. The molecule has 0 fully saturated rings. The molecule has 8 rings (SSSR count). The van der Waals surface area contributed by atoms with Crippen LogP contribution < -0.4 is 0 Å². The van der Waals surface area contributed by atoms with Crippen LogP contribution in [0.15, 0.2) is 134 Å². The molecule has 0 aliphatic heterocycles. The SMILES string of the molecule is [2H]C([2H])([2H])c1ccc(-c2ccnc(-c3[c-]c(-c4cccc5c4nc(-c4cc(C)cc(C)c4O)n5-c4ccc(-c5ccccc5)cc4C([2H])([2H])[2H])cc(C(C)(C)C)c3)c2)cc1.[Pt]. The zero-order valence-electron chi connectivity index (χ0n) is 37.3. The van der Waals surface area contributed by atoms with Crippen molar-refractivity contribution in [1.82, 2.24) is 14.5 Å². The summed E-state index contributed by atoms with van der Waals surface area (Å²) in [6.07, 6.45) is 1.75. The Morgan fingerprint density at radius 2 is 1.38 bits per heavy atom. The van der Waals surface area contributed by atoms with Crippen LogP contribution in [0.1, 0.15) is 56.8 Å². The molecule has 0 saturated carbocycles. The molecular weight excluding hydrogens is 854 g/mol. The van der Waals surface area contributed by atoms with Gasteiger partial charge in [-0.3, -0.25) is 9.55 Å². The van der Waals surface area contributed by atoms with E-state index in [1.54, 1.807) is 24.4 Å². The van der Waals surface area contributed by atoms with Crippen LogP contribution in [-0.2, 0) is 26.5 Å². The van der Waals surface area contributed by atoms with Gasteiger partial charge in [-0.05, 0) is 102 Å². The van der Waals surface area contributed by atoms with Crippen molar-refractivity contribution in [1.29, 1.82) is 0 Å². The summed E-state index contributed by atoms with van der Waals surface area (Å²) < 4.78 is 51.5. The number of hydrogen-bond donors (Lipinski definition) is 1. The minimum Gasteiger partial charge on any atom is -0.507 e. The average molecular weight is 904 g/mol. The summed E-state index contributed by atoms with van der Waals surface area (Å²) in [5.41, 5.74) is 11.4. The van der Waals surface area contributed by atoms with Crippen LogP contribution in [0.3, 0.4) is 0 Å². The van der Waals surface area contributed by atoms with Gasteiger partial charge in [0.05, 0.1) is 22.3 Å². The number of pyridine rings is 1. The van der Waals surface area contributed by atoms with Crippen LogP contribution >= 0.6 is 0 Å². The third-order valence-electron chi connectivity index (χ3n) is 9.99. The summed E-state index contributed by atoms with van der Waals surface area (Å²) in [7, 11) is 0. The molecule has 0 amide bonds. The molecule has 0 radical (unpaired) electrons. The van der Waals surface area contributed by atoms with Crippen LogP contribution in [0.25, 0.3) is 72.7 Å². The van der Waals surface area contributed by atoms with Gasteiger partial charge in [0.1, 0.15) is 11.6 Å². The fraction of sp³-hybridized carbons (Fsp3) is 0.160. The van der Waals surface area contributed by atoms with Crippen molar-refractivity contribution in [2.75, 3.05) is 0 Å². The van der Waals surface area contributed by atoms with Crippen LogP contribution in [0, 0.1) is 33.6 Å². The Bertz CT molecular complexity index is 2910. The molecule has 2 aromatic heterocycles. The summed E-state index contributed by atoms with van der Waals surface area (Å²) in [6.45, 7) is 5.58. The van der Waals surface area contributed by atoms with E-state index in [1.165, 1.54) is 0 Å². The molecule has 0 aliphatic carbocycles. The second-order valence-electron chi connectivity index (χ2n) is 15.0. The van der Waals surface area contributed by atoms with Gasteiger partial charge in [0.2, 0.25) is 0 Å². The number of aromatic hydroxyl groups is 1. The minimum atomic E-state index is -2.49. The molecule has 0 aliphatic rings. The van der Waals surface area contributed by atoms with Crippen molar-refractivity contribution >= 4 is 11.0 Å². The van der Waals surface area contributed by atoms with Gasteiger partial charge < -0.3 is 5.11 Å². The van der Waals surface area contributed by atoms with Crippen molar-refractivity contribution in [3.05, 3.63) is 167 Å². The van der Waals surface area contributed by atoms with E-state index in [1.807, 2.05) is 115 Å². The van der Waals surface area contributed by atoms with Gasteiger partial charge in [-0.25, -0.2) is 4.98 Å². The standard InChI is InChI=1S/C50H44N3O.Pt/c1-31-16-18-36(19-17-31)38-22-23-51-44(30-38)40-27-39(28-41(29-40)50(5,6)7)42-14-11-15-46-47(42)52-49(43-25-32(2)24-34(4)48(43)54)53(46)45-21-20-37(26-33(45)3)35-12-9-8-10-13-35;/h8-26,28-30,54H,1-7H3;/q-1;/i1D3,3D3;. The van der Waals surface area contributed by atoms with E-state index in [-0.39, 0.29) is 43.4 Å². The molecule has 6 aromatic carbocycles. The number of aromatic nitrogens is 3. The molecule has 5 heteroatoms. The smallest absolute Gasteiger partial charge is 0.148 e. The number of phenols is 1. The number of aryl methyl sites for hydroxylation is 4. The van der Waals surface area contributed by atoms with Gasteiger partial charge in [-0.2, -0.15) is 0 Å². The van der Waals surface area contributed by atoms with E-state index < -0.39 is 13.7 Å². The molecule has 0 unspecified atom stereocenters. The fourth-order valence-corrected chi connectivity index (χ4v) is 7.12. The monoisotopic (exact) mass is 903 g/mol. The largest absolute Gasteiger partial charge is 0.507 e. The van der Waals surface area contributed by atoms with Gasteiger partial charge in [0.15, 0.2) is 0 Å². The number of phenolic OH excluding ortho intramolecular Hbond substituents is 1. The molecule has 0 bridgehead atoms. The first-order valence-electron chi connectivity index (χ1n) is 21.0. The molecule has 8 aromatic rings. The van der Waals surface area contributed by atoms with Gasteiger partial charge in [0.25, 0.3) is 0 Å². The Morgan fingerprint density at radius 1 is 0.655 bits per heavy atom. The molecule has 0 spiro atoms. The van der Waals surface area contributed by atoms with E-state index >= 15 is 0 Å². The second kappa shape index (κ2) is 14.9. The number of hydrogen-bond acceptors (Lipinski definition) is 3. The zero-order valence-corrected chi connectivity index (χ0v) is 33.6. The topological polar surface area (TPSA) is 50.9 Å². The maximum atomic E-state index is 11.6. The van der Waals surface area contributed by atoms with Crippen molar-refractivity contribution in [3.63, 3.8) is 0 Å². The van der Waals surface area contributed by atoms with Gasteiger partial charge in [-0.1, -0.05) is 122 Å². The summed E-state index contributed by atoms with van der Waals surface area (Å²) in [6, 6.07) is 43.5. The predicted octanol–water partition coefficient (Wildman–Crippen LogP) is 12.8. The van der Waals surface area contributed by atoms with Crippen LogP contribution in [0.4, 0.5) is 0 Å². The summed E-state index contributed by atoms with van der Waals surface area (Å²) in [5.74, 6) is 0.475. The first-order valence-corrected chi connectivity index (χ1v) is 18.0. The van der Waals surface area contributed by atoms with E-state index in [0.717, 1.165) is 50.1 Å². The molecule has 55 heavy (non-hydrogen) atoms. The Balaban J connectivity index is 0.00000561. The van der Waals surface area contributed by atoms with Crippen molar-refractivity contribution in [2.45, 2.75) is 53.7 Å². The predicted molar refractivity (Wildman–Crippen MR) is 224 cm³/mol. The molecule has 0 saturated heterocycles. The number of benzene rings is 6. The number of imidazole rings is 1. The maximum absolute atomic E-state index is 11.6. The molecule has 2 heterocycles. The van der Waals surface area contributed by atoms with Crippen molar-refractivity contribution in [2.24, 2.45) is 0 Å². The normalized spacial score (nSPS) is 13.5. The van der Waals surface area contributed by atoms with E-state index in [9.17, 15) is 5.11 Å². The second-order valence-corrected chi connectivity index (χ2v) is 15.0. The third-order valence-corrected chi connectivity index (χ3v) is 9.99. The van der Waals surface area contributed by atoms with Crippen molar-refractivity contribution in [3.8, 4) is 67.5 Å². The number of rotatable bonds is 6. The third kappa shape index (κ3) is 7.32. The summed E-state index contributed by atoms with van der Waals surface area (Å²) >= 11 is 0. The Hall–Kier alpha value is -5.57. The summed E-state index contributed by atoms with van der Waals surface area (Å²) in [4.78, 5) is 10.1. The number of fused-ring (bicyclic) bond motifs is 1. The van der Waals surface area contributed by atoms with Gasteiger partial charge in [0, 0.05) is 41.2 Å². The molecule has 276 valence electrons. The van der Waals surface area contributed by atoms with E-state index in [2.05, 4.69) is 39.0 Å². The van der Waals surface area contributed by atoms with Gasteiger partial charge in [-0.15, -0.1) is 29.3 Å². The van der Waals surface area contributed by atoms with Crippen LogP contribution in [0.5, 0.6) is 5.75 Å². The van der Waals surface area contributed by atoms with Crippen LogP contribution in [-0.4, -0.2) is 19.6 Å². The van der Waals surface area contributed by atoms with E-state index in [0.29, 0.717) is 39.4 Å². The molecular formula is C50H44N3OPt-. The molecule has 1 N–H and O–H groups in total. The zero-order chi connectivity index (χ0) is 42.7. The van der Waals surface area contributed by atoms with Crippen LogP contribution in [0.2, 0.25) is 0 Å². The molecule has 4 nitrogen and oxygen atoms in total. The average Bonchev–Trinajstić information content (AvgIpc) is 3.61. The number of para-hydroxylation sites is 1. The van der Waals surface area contributed by atoms with Crippen molar-refractivity contribution < 1.29 is 34.4 Å². The quantitative estimate of drug-likeness (QED) is 0.169. The number of nitrogens with zero attached hydrogens (tertiary/aromatic N) is 3. The summed E-state index contributed by atoms with van der Waals surface area (Å²) in [5, 5.41) is 11.6. The Morgan fingerprint density at radius 3 is 2.13 bits per heavy atom. The Kier molecular flexibility index (Phi) is 8.34. The molecule has 0 atom stereocenters. The maximum Gasteiger partial charge on any atom is 0.148 e. The Labute approximate surface area is 347 Å². The van der Waals surface area contributed by atoms with Gasteiger partial charge >= 0.3 is 0 Å². The first kappa shape index (κ1) is 30.7. The minimum absolute atomic E-state index is 0.